The molecule has 1 heterocycles. The molecule has 2 aliphatic rings. The van der Waals surface area contributed by atoms with Gasteiger partial charge in [-0.05, 0) is 33.1 Å². The van der Waals surface area contributed by atoms with E-state index in [0.717, 1.165) is 19.6 Å². The van der Waals surface area contributed by atoms with E-state index in [4.69, 9.17) is 9.47 Å². The highest BCUT2D eigenvalue weighted by molar-refractivity contribution is 5.13. The van der Waals surface area contributed by atoms with Gasteiger partial charge >= 0.3 is 0 Å². The quantitative estimate of drug-likeness (QED) is 0.580. The van der Waals surface area contributed by atoms with Crippen molar-refractivity contribution in [2.45, 2.75) is 39.4 Å². The second-order valence-electron chi connectivity index (χ2n) is 4.17. The molecule has 0 aromatic carbocycles. The molecule has 0 bridgehead atoms. The van der Waals surface area contributed by atoms with Gasteiger partial charge in [0.15, 0.2) is 6.29 Å². The summed E-state index contributed by atoms with van der Waals surface area (Å²) in [5.74, 6) is 0.603. The largest absolute Gasteiger partial charge is 0.350 e. The Labute approximate surface area is 79.9 Å². The summed E-state index contributed by atoms with van der Waals surface area (Å²) in [7, 11) is 0. The lowest BCUT2D eigenvalue weighted by molar-refractivity contribution is -0.0863. The maximum absolute atomic E-state index is 5.53. The average Bonchev–Trinajstić information content (AvgIpc) is 2.62. The molecule has 2 nitrogen and oxygen atoms in total. The zero-order chi connectivity index (χ0) is 9.26. The minimum Gasteiger partial charge on any atom is -0.350 e. The van der Waals surface area contributed by atoms with Crippen LogP contribution in [0.3, 0.4) is 0 Å². The van der Waals surface area contributed by atoms with E-state index < -0.39 is 0 Å². The molecule has 0 aromatic heterocycles. The van der Waals surface area contributed by atoms with Crippen molar-refractivity contribution in [2.24, 2.45) is 5.92 Å². The summed E-state index contributed by atoms with van der Waals surface area (Å²) in [5.41, 5.74) is 3.10. The van der Waals surface area contributed by atoms with Gasteiger partial charge in [0, 0.05) is 5.92 Å². The first-order chi connectivity index (χ1) is 6.27. The Balaban J connectivity index is 1.96. The minimum absolute atomic E-state index is 0.0862. The standard InChI is InChI=1S/C11H18O2/c1-8-3-4-10(7-9(8)2)11-12-5-6-13-11/h10-11H,3-7H2,1-2H3. The van der Waals surface area contributed by atoms with Crippen molar-refractivity contribution in [3.8, 4) is 0 Å². The molecular formula is C11H18O2. The summed E-state index contributed by atoms with van der Waals surface area (Å²) < 4.78 is 11.1. The third-order valence-electron chi connectivity index (χ3n) is 3.22. The first-order valence-electron chi connectivity index (χ1n) is 5.16. The maximum atomic E-state index is 5.53. The highest BCUT2D eigenvalue weighted by atomic mass is 16.7. The number of ether oxygens (including phenoxy) is 2. The van der Waals surface area contributed by atoms with Crippen LogP contribution in [0.4, 0.5) is 0 Å². The summed E-state index contributed by atoms with van der Waals surface area (Å²) in [6.07, 6.45) is 3.70. The molecule has 0 amide bonds. The van der Waals surface area contributed by atoms with E-state index in [1.165, 1.54) is 18.4 Å². The van der Waals surface area contributed by atoms with Crippen molar-refractivity contribution in [1.29, 1.82) is 0 Å². The van der Waals surface area contributed by atoms with Gasteiger partial charge < -0.3 is 9.47 Å². The molecule has 1 fully saturated rings. The van der Waals surface area contributed by atoms with E-state index in [1.807, 2.05) is 0 Å². The SMILES string of the molecule is CC1=C(C)CC(C2OCCO2)CC1. The number of rotatable bonds is 1. The molecule has 1 atom stereocenters. The molecule has 0 aromatic rings. The van der Waals surface area contributed by atoms with Crippen molar-refractivity contribution in [3.63, 3.8) is 0 Å². The van der Waals surface area contributed by atoms with Crippen LogP contribution in [0.1, 0.15) is 33.1 Å². The van der Waals surface area contributed by atoms with Gasteiger partial charge in [0.1, 0.15) is 0 Å². The molecule has 2 rings (SSSR count). The molecule has 1 saturated heterocycles. The number of allylic oxidation sites excluding steroid dienone is 2. The predicted octanol–water partition coefficient (Wildman–Crippen LogP) is 2.50. The first-order valence-corrected chi connectivity index (χ1v) is 5.16. The van der Waals surface area contributed by atoms with Crippen molar-refractivity contribution >= 4 is 0 Å². The molecule has 1 unspecified atom stereocenters. The first kappa shape index (κ1) is 9.22. The fourth-order valence-electron chi connectivity index (χ4n) is 2.17. The van der Waals surface area contributed by atoms with Crippen LogP contribution >= 0.6 is 0 Å². The average molecular weight is 182 g/mol. The van der Waals surface area contributed by atoms with Crippen LogP contribution in [-0.2, 0) is 9.47 Å². The molecule has 0 saturated carbocycles. The number of hydrogen-bond donors (Lipinski definition) is 0. The van der Waals surface area contributed by atoms with Gasteiger partial charge in [0.25, 0.3) is 0 Å². The second-order valence-corrected chi connectivity index (χ2v) is 4.17. The van der Waals surface area contributed by atoms with Crippen molar-refractivity contribution < 1.29 is 9.47 Å². The molecule has 0 spiro atoms. The highest BCUT2D eigenvalue weighted by Gasteiger charge is 2.29. The lowest BCUT2D eigenvalue weighted by Gasteiger charge is -2.27. The molecule has 1 aliphatic heterocycles. The Morgan fingerprint density at radius 3 is 2.38 bits per heavy atom. The minimum atomic E-state index is 0.0862. The molecule has 74 valence electrons. The Morgan fingerprint density at radius 2 is 1.77 bits per heavy atom. The molecule has 13 heavy (non-hydrogen) atoms. The van der Waals surface area contributed by atoms with Crippen LogP contribution in [0.5, 0.6) is 0 Å². The fraction of sp³-hybridized carbons (Fsp3) is 0.818. The smallest absolute Gasteiger partial charge is 0.160 e. The van der Waals surface area contributed by atoms with Crippen LogP contribution in [0.15, 0.2) is 11.1 Å². The Kier molecular flexibility index (Phi) is 2.70. The molecular weight excluding hydrogens is 164 g/mol. The predicted molar refractivity (Wildman–Crippen MR) is 51.4 cm³/mol. The van der Waals surface area contributed by atoms with E-state index in [9.17, 15) is 0 Å². The molecule has 1 aliphatic carbocycles. The van der Waals surface area contributed by atoms with Crippen LogP contribution in [0, 0.1) is 5.92 Å². The van der Waals surface area contributed by atoms with Crippen LogP contribution in [0.2, 0.25) is 0 Å². The Bertz CT molecular complexity index is 214. The lowest BCUT2D eigenvalue weighted by atomic mass is 9.85. The van der Waals surface area contributed by atoms with Gasteiger partial charge in [0.05, 0.1) is 13.2 Å². The van der Waals surface area contributed by atoms with Gasteiger partial charge in [-0.1, -0.05) is 11.1 Å². The van der Waals surface area contributed by atoms with Crippen LogP contribution < -0.4 is 0 Å². The van der Waals surface area contributed by atoms with E-state index in [-0.39, 0.29) is 6.29 Å². The van der Waals surface area contributed by atoms with Gasteiger partial charge in [-0.25, -0.2) is 0 Å². The third-order valence-corrected chi connectivity index (χ3v) is 3.22. The van der Waals surface area contributed by atoms with Crippen molar-refractivity contribution in [1.82, 2.24) is 0 Å². The fourth-order valence-corrected chi connectivity index (χ4v) is 2.17. The molecule has 0 radical (unpaired) electrons. The Hall–Kier alpha value is -0.340. The summed E-state index contributed by atoms with van der Waals surface area (Å²) in [6, 6.07) is 0. The summed E-state index contributed by atoms with van der Waals surface area (Å²) in [6.45, 7) is 6.03. The maximum Gasteiger partial charge on any atom is 0.160 e. The molecule has 0 N–H and O–H groups in total. The lowest BCUT2D eigenvalue weighted by Crippen LogP contribution is -2.24. The monoisotopic (exact) mass is 182 g/mol. The zero-order valence-electron chi connectivity index (χ0n) is 8.51. The highest BCUT2D eigenvalue weighted by Crippen LogP contribution is 2.33. The summed E-state index contributed by atoms with van der Waals surface area (Å²) in [4.78, 5) is 0. The van der Waals surface area contributed by atoms with E-state index in [2.05, 4.69) is 13.8 Å². The van der Waals surface area contributed by atoms with E-state index in [0.29, 0.717) is 5.92 Å². The third kappa shape index (κ3) is 1.94. The van der Waals surface area contributed by atoms with Gasteiger partial charge in [-0.2, -0.15) is 0 Å². The van der Waals surface area contributed by atoms with Gasteiger partial charge in [-0.15, -0.1) is 0 Å². The topological polar surface area (TPSA) is 18.5 Å². The zero-order valence-corrected chi connectivity index (χ0v) is 8.51. The molecule has 2 heteroatoms. The summed E-state index contributed by atoms with van der Waals surface area (Å²) in [5, 5.41) is 0. The van der Waals surface area contributed by atoms with E-state index in [1.54, 1.807) is 5.57 Å². The van der Waals surface area contributed by atoms with Crippen molar-refractivity contribution in [2.75, 3.05) is 13.2 Å². The summed E-state index contributed by atoms with van der Waals surface area (Å²) >= 11 is 0. The van der Waals surface area contributed by atoms with Crippen molar-refractivity contribution in [3.05, 3.63) is 11.1 Å². The van der Waals surface area contributed by atoms with Gasteiger partial charge in [0.2, 0.25) is 0 Å². The van der Waals surface area contributed by atoms with Crippen LogP contribution in [0.25, 0.3) is 0 Å². The van der Waals surface area contributed by atoms with Gasteiger partial charge in [-0.3, -0.25) is 0 Å². The Morgan fingerprint density at radius 1 is 1.08 bits per heavy atom. The normalized spacial score (nSPS) is 31.4. The second kappa shape index (κ2) is 3.81. The van der Waals surface area contributed by atoms with E-state index >= 15 is 0 Å². The van der Waals surface area contributed by atoms with Crippen LogP contribution in [-0.4, -0.2) is 19.5 Å². The number of hydrogen-bond acceptors (Lipinski definition) is 2.